The number of hydrogen-bond acceptors (Lipinski definition) is 2. The Balaban J connectivity index is 1.89. The maximum absolute atomic E-state index is 5.88. The maximum Gasteiger partial charge on any atom is 0.193 e. The van der Waals surface area contributed by atoms with E-state index in [1.165, 1.54) is 11.1 Å². The third-order valence-corrected chi connectivity index (χ3v) is 3.18. The van der Waals surface area contributed by atoms with Gasteiger partial charge in [-0.15, -0.1) is 0 Å². The molecule has 20 heavy (non-hydrogen) atoms. The van der Waals surface area contributed by atoms with Gasteiger partial charge in [-0.1, -0.05) is 12.1 Å². The molecule has 104 valence electrons. The molecular formula is C16H20N4. The van der Waals surface area contributed by atoms with Crippen molar-refractivity contribution in [2.75, 3.05) is 11.9 Å². The van der Waals surface area contributed by atoms with Crippen LogP contribution in [-0.4, -0.2) is 17.5 Å². The van der Waals surface area contributed by atoms with Gasteiger partial charge < -0.3 is 11.1 Å². The predicted molar refractivity (Wildman–Crippen MR) is 84.0 cm³/mol. The van der Waals surface area contributed by atoms with E-state index in [9.17, 15) is 0 Å². The van der Waals surface area contributed by atoms with E-state index in [4.69, 9.17) is 5.73 Å². The standard InChI is InChI=1S/C16H20N4/c1-12-5-6-15(10-13(12)2)20-16(17)19-9-7-14-4-3-8-18-11-14/h3-6,8,10-11H,7,9H2,1-2H3,(H3,17,19,20). The Morgan fingerprint density at radius 3 is 2.80 bits per heavy atom. The number of benzene rings is 1. The van der Waals surface area contributed by atoms with Crippen LogP contribution in [0.3, 0.4) is 0 Å². The minimum absolute atomic E-state index is 0.442. The first-order valence-corrected chi connectivity index (χ1v) is 6.68. The molecule has 1 heterocycles. The lowest BCUT2D eigenvalue weighted by Crippen LogP contribution is -2.23. The highest BCUT2D eigenvalue weighted by molar-refractivity contribution is 5.92. The van der Waals surface area contributed by atoms with Crippen molar-refractivity contribution in [2.24, 2.45) is 10.7 Å². The first kappa shape index (κ1) is 14.1. The molecule has 1 aromatic carbocycles. The van der Waals surface area contributed by atoms with Gasteiger partial charge in [-0.2, -0.15) is 0 Å². The predicted octanol–water partition coefficient (Wildman–Crippen LogP) is 2.67. The van der Waals surface area contributed by atoms with Crippen LogP contribution in [0.15, 0.2) is 47.7 Å². The number of nitrogens with zero attached hydrogens (tertiary/aromatic N) is 2. The average molecular weight is 268 g/mol. The van der Waals surface area contributed by atoms with E-state index in [2.05, 4.69) is 41.3 Å². The van der Waals surface area contributed by atoms with Crippen molar-refractivity contribution in [3.8, 4) is 0 Å². The first-order valence-electron chi connectivity index (χ1n) is 6.68. The number of aromatic nitrogens is 1. The molecule has 0 saturated carbocycles. The number of hydrogen-bond donors (Lipinski definition) is 2. The second kappa shape index (κ2) is 6.70. The SMILES string of the molecule is Cc1ccc(NC(N)=NCCc2cccnc2)cc1C. The summed E-state index contributed by atoms with van der Waals surface area (Å²) in [6.45, 7) is 4.82. The van der Waals surface area contributed by atoms with Gasteiger partial charge in [-0.3, -0.25) is 9.98 Å². The molecule has 0 aliphatic heterocycles. The highest BCUT2D eigenvalue weighted by Gasteiger charge is 1.98. The van der Waals surface area contributed by atoms with Crippen LogP contribution in [0.5, 0.6) is 0 Å². The van der Waals surface area contributed by atoms with Gasteiger partial charge in [0.15, 0.2) is 5.96 Å². The van der Waals surface area contributed by atoms with Crippen LogP contribution < -0.4 is 11.1 Å². The normalized spacial score (nSPS) is 11.4. The Hall–Kier alpha value is -2.36. The largest absolute Gasteiger partial charge is 0.370 e. The van der Waals surface area contributed by atoms with Crippen molar-refractivity contribution in [3.05, 3.63) is 59.4 Å². The fourth-order valence-electron chi connectivity index (χ4n) is 1.86. The lowest BCUT2D eigenvalue weighted by Gasteiger charge is -2.08. The number of nitrogens with one attached hydrogen (secondary N) is 1. The summed E-state index contributed by atoms with van der Waals surface area (Å²) < 4.78 is 0. The zero-order valence-corrected chi connectivity index (χ0v) is 11.9. The summed E-state index contributed by atoms with van der Waals surface area (Å²) in [7, 11) is 0. The van der Waals surface area contributed by atoms with Gasteiger partial charge in [0.05, 0.1) is 0 Å². The quantitative estimate of drug-likeness (QED) is 0.662. The van der Waals surface area contributed by atoms with E-state index in [1.807, 2.05) is 24.4 Å². The van der Waals surface area contributed by atoms with Gasteiger partial charge in [-0.05, 0) is 55.2 Å². The third kappa shape index (κ3) is 4.09. The molecule has 0 aliphatic rings. The molecule has 0 atom stereocenters. The average Bonchev–Trinajstić information content (AvgIpc) is 2.44. The molecule has 0 amide bonds. The number of guanidine groups is 1. The molecule has 0 saturated heterocycles. The van der Waals surface area contributed by atoms with Crippen LogP contribution in [0.1, 0.15) is 16.7 Å². The van der Waals surface area contributed by atoms with Crippen molar-refractivity contribution in [1.29, 1.82) is 0 Å². The van der Waals surface area contributed by atoms with Gasteiger partial charge in [0.1, 0.15) is 0 Å². The molecule has 2 rings (SSSR count). The van der Waals surface area contributed by atoms with Crippen LogP contribution in [0.25, 0.3) is 0 Å². The summed E-state index contributed by atoms with van der Waals surface area (Å²) in [5.74, 6) is 0.442. The fourth-order valence-corrected chi connectivity index (χ4v) is 1.86. The van der Waals surface area contributed by atoms with E-state index in [1.54, 1.807) is 6.20 Å². The van der Waals surface area contributed by atoms with Crippen molar-refractivity contribution >= 4 is 11.6 Å². The molecule has 3 N–H and O–H groups in total. The van der Waals surface area contributed by atoms with E-state index in [0.29, 0.717) is 12.5 Å². The van der Waals surface area contributed by atoms with Crippen LogP contribution >= 0.6 is 0 Å². The second-order valence-electron chi connectivity index (χ2n) is 4.80. The summed E-state index contributed by atoms with van der Waals surface area (Å²) in [6.07, 6.45) is 4.45. The molecule has 2 aromatic rings. The smallest absolute Gasteiger partial charge is 0.193 e. The Morgan fingerprint density at radius 2 is 2.10 bits per heavy atom. The van der Waals surface area contributed by atoms with Gasteiger partial charge in [0.25, 0.3) is 0 Å². The minimum atomic E-state index is 0.442. The molecule has 0 bridgehead atoms. The van der Waals surface area contributed by atoms with E-state index in [0.717, 1.165) is 17.7 Å². The van der Waals surface area contributed by atoms with E-state index in [-0.39, 0.29) is 0 Å². The molecule has 0 radical (unpaired) electrons. The Bertz CT molecular complexity index is 591. The number of aliphatic imine (C=N–C) groups is 1. The van der Waals surface area contributed by atoms with Crippen LogP contribution in [-0.2, 0) is 6.42 Å². The molecular weight excluding hydrogens is 248 g/mol. The zero-order chi connectivity index (χ0) is 14.4. The number of rotatable bonds is 4. The molecule has 1 aromatic heterocycles. The van der Waals surface area contributed by atoms with Crippen LogP contribution in [0, 0.1) is 13.8 Å². The molecule has 0 aliphatic carbocycles. The number of aryl methyl sites for hydroxylation is 2. The highest BCUT2D eigenvalue weighted by Crippen LogP contribution is 2.13. The topological polar surface area (TPSA) is 63.3 Å². The fraction of sp³-hybridized carbons (Fsp3) is 0.250. The summed E-state index contributed by atoms with van der Waals surface area (Å²) in [5, 5.41) is 3.11. The Morgan fingerprint density at radius 1 is 1.25 bits per heavy atom. The number of pyridine rings is 1. The monoisotopic (exact) mass is 268 g/mol. The summed E-state index contributed by atoms with van der Waals surface area (Å²) in [5.41, 5.74) is 10.5. The van der Waals surface area contributed by atoms with Crippen LogP contribution in [0.4, 0.5) is 5.69 Å². The molecule has 4 nitrogen and oxygen atoms in total. The zero-order valence-electron chi connectivity index (χ0n) is 11.9. The van der Waals surface area contributed by atoms with Crippen molar-refractivity contribution in [3.63, 3.8) is 0 Å². The van der Waals surface area contributed by atoms with Crippen molar-refractivity contribution < 1.29 is 0 Å². The van der Waals surface area contributed by atoms with Gasteiger partial charge in [-0.25, -0.2) is 0 Å². The van der Waals surface area contributed by atoms with Gasteiger partial charge >= 0.3 is 0 Å². The highest BCUT2D eigenvalue weighted by atomic mass is 15.1. The van der Waals surface area contributed by atoms with E-state index >= 15 is 0 Å². The lowest BCUT2D eigenvalue weighted by atomic mass is 10.1. The number of anilines is 1. The van der Waals surface area contributed by atoms with E-state index < -0.39 is 0 Å². The molecule has 0 spiro atoms. The minimum Gasteiger partial charge on any atom is -0.370 e. The molecule has 4 heteroatoms. The first-order chi connectivity index (χ1) is 9.65. The second-order valence-corrected chi connectivity index (χ2v) is 4.80. The third-order valence-electron chi connectivity index (χ3n) is 3.18. The summed E-state index contributed by atoms with van der Waals surface area (Å²) in [4.78, 5) is 8.40. The molecule has 0 fully saturated rings. The number of nitrogens with two attached hydrogens (primary N) is 1. The van der Waals surface area contributed by atoms with Crippen molar-refractivity contribution in [1.82, 2.24) is 4.98 Å². The molecule has 0 unspecified atom stereocenters. The van der Waals surface area contributed by atoms with Crippen LogP contribution in [0.2, 0.25) is 0 Å². The lowest BCUT2D eigenvalue weighted by molar-refractivity contribution is 0.955. The maximum atomic E-state index is 5.88. The van der Waals surface area contributed by atoms with Gasteiger partial charge in [0.2, 0.25) is 0 Å². The van der Waals surface area contributed by atoms with Gasteiger partial charge in [0, 0.05) is 24.6 Å². The Kier molecular flexibility index (Phi) is 4.71. The summed E-state index contributed by atoms with van der Waals surface area (Å²) >= 11 is 0. The van der Waals surface area contributed by atoms with Crippen molar-refractivity contribution in [2.45, 2.75) is 20.3 Å². The Labute approximate surface area is 119 Å². The summed E-state index contributed by atoms with van der Waals surface area (Å²) in [6, 6.07) is 10.1.